The predicted octanol–water partition coefficient (Wildman–Crippen LogP) is 1.55. The van der Waals surface area contributed by atoms with Crippen LogP contribution in [0.1, 0.15) is 11.3 Å². The number of benzene rings is 1. The molecule has 0 aliphatic rings. The van der Waals surface area contributed by atoms with Crippen molar-refractivity contribution in [3.8, 4) is 5.88 Å². The maximum absolute atomic E-state index is 13.2. The lowest BCUT2D eigenvalue weighted by Crippen LogP contribution is -2.22. The molecule has 0 bridgehead atoms. The molecule has 1 aromatic carbocycles. The van der Waals surface area contributed by atoms with E-state index in [-0.39, 0.29) is 35.3 Å². The zero-order valence-electron chi connectivity index (χ0n) is 12.5. The van der Waals surface area contributed by atoms with E-state index >= 15 is 0 Å². The van der Waals surface area contributed by atoms with Gasteiger partial charge in [-0.3, -0.25) is 0 Å². The van der Waals surface area contributed by atoms with Gasteiger partial charge in [-0.1, -0.05) is 22.8 Å². The molecule has 24 heavy (non-hydrogen) atoms. The molecular formula is C13H14ClFN4O4S. The average molecular weight is 377 g/mol. The summed E-state index contributed by atoms with van der Waals surface area (Å²) in [5, 5.41) is 19.6. The molecule has 0 aliphatic heterocycles. The number of hydrogen-bond acceptors (Lipinski definition) is 7. The number of oxime groups is 1. The number of hydrogen-bond donors (Lipinski definition) is 2. The molecule has 0 saturated heterocycles. The first-order chi connectivity index (χ1) is 11.5. The van der Waals surface area contributed by atoms with Crippen molar-refractivity contribution in [2.75, 3.05) is 19.4 Å². The predicted molar refractivity (Wildman–Crippen MR) is 85.3 cm³/mol. The number of ether oxygens (including phenoxy) is 1. The third-order valence-electron chi connectivity index (χ3n) is 2.85. The van der Waals surface area contributed by atoms with Crippen LogP contribution in [0, 0.1) is 5.82 Å². The molecular weight excluding hydrogens is 363 g/mol. The second-order valence-electron chi connectivity index (χ2n) is 4.59. The zero-order chi connectivity index (χ0) is 17.5. The van der Waals surface area contributed by atoms with Gasteiger partial charge in [-0.2, -0.15) is 0 Å². The van der Waals surface area contributed by atoms with Crippen molar-refractivity contribution in [3.05, 3.63) is 40.3 Å². The monoisotopic (exact) mass is 376 g/mol. The fourth-order valence-electron chi connectivity index (χ4n) is 1.79. The van der Waals surface area contributed by atoms with Crippen LogP contribution in [0.2, 0.25) is 5.02 Å². The normalized spacial score (nSPS) is 13.0. The molecule has 8 nitrogen and oxygen atoms in total. The van der Waals surface area contributed by atoms with Crippen molar-refractivity contribution in [1.29, 1.82) is 0 Å². The first-order valence-corrected chi connectivity index (χ1v) is 8.62. The summed E-state index contributed by atoms with van der Waals surface area (Å²) in [6, 6.07) is 4.12. The molecule has 0 radical (unpaired) electrons. The Balaban J connectivity index is 2.07. The van der Waals surface area contributed by atoms with Gasteiger partial charge in [0.05, 0.1) is 16.0 Å². The molecule has 1 heterocycles. The molecule has 0 fully saturated rings. The van der Waals surface area contributed by atoms with Gasteiger partial charge in [0, 0.05) is 19.2 Å². The van der Waals surface area contributed by atoms with Crippen molar-refractivity contribution in [2.24, 2.45) is 5.16 Å². The maximum Gasteiger partial charge on any atom is 0.285 e. The van der Waals surface area contributed by atoms with Crippen LogP contribution in [-0.2, 0) is 17.4 Å². The van der Waals surface area contributed by atoms with Crippen LogP contribution in [0.5, 0.6) is 5.88 Å². The van der Waals surface area contributed by atoms with Gasteiger partial charge in [0.15, 0.2) is 5.69 Å². The van der Waals surface area contributed by atoms with E-state index < -0.39 is 16.8 Å². The molecule has 0 aliphatic carbocycles. The Hall–Kier alpha value is -2.04. The van der Waals surface area contributed by atoms with Gasteiger partial charge in [0.25, 0.3) is 5.88 Å². The Labute approximate surface area is 144 Å². The lowest BCUT2D eigenvalue weighted by atomic mass is 10.1. The highest BCUT2D eigenvalue weighted by Crippen LogP contribution is 2.20. The van der Waals surface area contributed by atoms with E-state index in [2.05, 4.69) is 24.8 Å². The van der Waals surface area contributed by atoms with Crippen LogP contribution in [-0.4, -0.2) is 44.8 Å². The minimum absolute atomic E-state index is 0.0275. The first kappa shape index (κ1) is 18.3. The zero-order valence-corrected chi connectivity index (χ0v) is 14.1. The summed E-state index contributed by atoms with van der Waals surface area (Å²) >= 11 is 5.73. The van der Waals surface area contributed by atoms with Crippen LogP contribution < -0.4 is 9.46 Å². The molecule has 0 spiro atoms. The van der Waals surface area contributed by atoms with Gasteiger partial charge >= 0.3 is 0 Å². The highest BCUT2D eigenvalue weighted by atomic mass is 35.5. The highest BCUT2D eigenvalue weighted by Gasteiger charge is 2.19. The average Bonchev–Trinajstić information content (AvgIpc) is 3.00. The topological polar surface area (TPSA) is 110 Å². The summed E-state index contributed by atoms with van der Waals surface area (Å²) in [5.74, 6) is -0.518. The first-order valence-electron chi connectivity index (χ1n) is 6.68. The van der Waals surface area contributed by atoms with Gasteiger partial charge in [-0.25, -0.2) is 18.0 Å². The van der Waals surface area contributed by atoms with E-state index in [0.717, 1.165) is 0 Å². The van der Waals surface area contributed by atoms with Gasteiger partial charge < -0.3 is 9.94 Å². The smallest absolute Gasteiger partial charge is 0.285 e. The summed E-state index contributed by atoms with van der Waals surface area (Å²) < 4.78 is 36.7. The quantitative estimate of drug-likeness (QED) is 0.313. The van der Waals surface area contributed by atoms with Crippen molar-refractivity contribution in [1.82, 2.24) is 15.0 Å². The molecule has 2 N–H and O–H groups in total. The second kappa shape index (κ2) is 8.71. The third kappa shape index (κ3) is 4.98. The number of nitrogens with one attached hydrogen (secondary N) is 1. The lowest BCUT2D eigenvalue weighted by Gasteiger charge is -2.06. The summed E-state index contributed by atoms with van der Waals surface area (Å²) in [4.78, 5) is 0. The Morgan fingerprint density at radius 1 is 1.54 bits per heavy atom. The summed E-state index contributed by atoms with van der Waals surface area (Å²) in [5.41, 5.74) is 0.822. The Morgan fingerprint density at radius 2 is 2.33 bits per heavy atom. The van der Waals surface area contributed by atoms with Crippen molar-refractivity contribution >= 4 is 28.3 Å². The fourth-order valence-corrected chi connectivity index (χ4v) is 2.37. The van der Waals surface area contributed by atoms with E-state index in [1.807, 2.05) is 0 Å². The Kier molecular flexibility index (Phi) is 6.64. The van der Waals surface area contributed by atoms with E-state index in [4.69, 9.17) is 16.3 Å². The molecule has 2 aromatic rings. The molecule has 0 saturated carbocycles. The molecule has 1 atom stereocenters. The largest absolute Gasteiger partial charge is 0.472 e. The Morgan fingerprint density at radius 3 is 3.00 bits per heavy atom. The minimum atomic E-state index is -1.16. The third-order valence-corrected chi connectivity index (χ3v) is 3.75. The molecule has 11 heteroatoms. The van der Waals surface area contributed by atoms with Gasteiger partial charge in [0.1, 0.15) is 18.1 Å². The molecule has 1 aromatic heterocycles. The number of aromatic nitrogens is 2. The number of nitrogens with zero attached hydrogens (tertiary/aromatic N) is 3. The van der Waals surface area contributed by atoms with Crippen LogP contribution in [0.3, 0.4) is 0 Å². The standard InChI is InChI=1S/C13H14ClFN4O4S/c1-24(21)16-4-5-22-13-12(18-23-19-13)11(17-20)7-8-2-3-10(15)9(14)6-8/h2-3,6,16,20H,4-5,7H2,1H3. The van der Waals surface area contributed by atoms with Crippen LogP contribution in [0.25, 0.3) is 0 Å². The van der Waals surface area contributed by atoms with Gasteiger partial charge in [-0.15, -0.1) is 0 Å². The van der Waals surface area contributed by atoms with E-state index in [1.54, 1.807) is 0 Å². The van der Waals surface area contributed by atoms with Crippen molar-refractivity contribution in [3.63, 3.8) is 0 Å². The summed E-state index contributed by atoms with van der Waals surface area (Å²) in [6.45, 7) is 0.469. The van der Waals surface area contributed by atoms with Crippen LogP contribution >= 0.6 is 11.6 Å². The summed E-state index contributed by atoms with van der Waals surface area (Å²) in [6.07, 6.45) is 1.60. The SMILES string of the molecule is CS(=O)NCCOc1nonc1C(Cc1ccc(F)c(Cl)c1)=NO. The van der Waals surface area contributed by atoms with Crippen LogP contribution in [0.15, 0.2) is 28.0 Å². The second-order valence-corrected chi connectivity index (χ2v) is 6.19. The molecule has 0 amide bonds. The summed E-state index contributed by atoms with van der Waals surface area (Å²) in [7, 11) is -1.16. The van der Waals surface area contributed by atoms with Crippen LogP contribution in [0.4, 0.5) is 4.39 Å². The van der Waals surface area contributed by atoms with E-state index in [1.165, 1.54) is 24.5 Å². The van der Waals surface area contributed by atoms with Crippen molar-refractivity contribution in [2.45, 2.75) is 6.42 Å². The minimum Gasteiger partial charge on any atom is -0.472 e. The lowest BCUT2D eigenvalue weighted by molar-refractivity contribution is 0.258. The molecule has 130 valence electrons. The molecule has 2 rings (SSSR count). The Bertz CT molecular complexity index is 755. The van der Waals surface area contributed by atoms with E-state index in [9.17, 15) is 13.8 Å². The maximum atomic E-state index is 13.2. The van der Waals surface area contributed by atoms with Gasteiger partial charge in [0.2, 0.25) is 0 Å². The number of halogens is 2. The van der Waals surface area contributed by atoms with Crippen molar-refractivity contribution < 1.29 is 23.2 Å². The number of rotatable bonds is 8. The van der Waals surface area contributed by atoms with Gasteiger partial charge in [-0.05, 0) is 28.0 Å². The highest BCUT2D eigenvalue weighted by molar-refractivity contribution is 7.82. The fraction of sp³-hybridized carbons (Fsp3) is 0.308. The molecule has 1 unspecified atom stereocenters. The van der Waals surface area contributed by atoms with E-state index in [0.29, 0.717) is 12.1 Å².